The van der Waals surface area contributed by atoms with E-state index in [1.807, 2.05) is 0 Å². The predicted octanol–water partition coefficient (Wildman–Crippen LogP) is 0.814. The molecule has 0 fully saturated rings. The van der Waals surface area contributed by atoms with Crippen LogP contribution in [0.3, 0.4) is 0 Å². The zero-order chi connectivity index (χ0) is 10.8. The van der Waals surface area contributed by atoms with Crippen LogP contribution in [0.25, 0.3) is 0 Å². The third kappa shape index (κ3) is 2.35. The molecule has 0 saturated heterocycles. The Morgan fingerprint density at radius 1 is 1.50 bits per heavy atom. The Morgan fingerprint density at radius 2 is 2.14 bits per heavy atom. The molecule has 0 aliphatic rings. The molecule has 0 atom stereocenters. The van der Waals surface area contributed by atoms with Crippen molar-refractivity contribution in [3.8, 4) is 0 Å². The summed E-state index contributed by atoms with van der Waals surface area (Å²) < 4.78 is 25.3. The average molecular weight is 215 g/mol. The number of rotatable bonds is 3. The van der Waals surface area contributed by atoms with E-state index in [2.05, 4.69) is 9.71 Å². The molecule has 3 N–H and O–H groups in total. The standard InChI is InChI=1S/C8H13N3O2S/c1-6(2)14(12,13)11-8-3-4-10-5-7(8)9/h3-6H,9H2,1-2H3,(H,10,11). The molecule has 0 bridgehead atoms. The van der Waals surface area contributed by atoms with Crippen LogP contribution >= 0.6 is 0 Å². The van der Waals surface area contributed by atoms with Crippen LogP contribution in [0.4, 0.5) is 11.4 Å². The lowest BCUT2D eigenvalue weighted by molar-refractivity contribution is 0.593. The Kier molecular flexibility index (Phi) is 2.95. The first-order valence-corrected chi connectivity index (χ1v) is 5.69. The van der Waals surface area contributed by atoms with Gasteiger partial charge in [-0.15, -0.1) is 0 Å². The number of aromatic nitrogens is 1. The number of hydrogen-bond donors (Lipinski definition) is 2. The second-order valence-corrected chi connectivity index (χ2v) is 5.40. The van der Waals surface area contributed by atoms with Crippen molar-refractivity contribution < 1.29 is 8.42 Å². The number of hydrogen-bond acceptors (Lipinski definition) is 4. The summed E-state index contributed by atoms with van der Waals surface area (Å²) in [7, 11) is -3.33. The van der Waals surface area contributed by atoms with E-state index in [0.717, 1.165) is 0 Å². The predicted molar refractivity (Wildman–Crippen MR) is 56.3 cm³/mol. The van der Waals surface area contributed by atoms with E-state index in [1.54, 1.807) is 13.8 Å². The molecule has 78 valence electrons. The maximum absolute atomic E-state index is 11.5. The molecule has 0 amide bonds. The monoisotopic (exact) mass is 215 g/mol. The van der Waals surface area contributed by atoms with Crippen LogP contribution < -0.4 is 10.5 Å². The Labute approximate surface area is 83.4 Å². The SMILES string of the molecule is CC(C)S(=O)(=O)Nc1ccncc1N. The number of anilines is 2. The molecule has 1 aromatic rings. The third-order valence-corrected chi connectivity index (χ3v) is 3.47. The van der Waals surface area contributed by atoms with Crippen LogP contribution in [-0.2, 0) is 10.0 Å². The molecule has 14 heavy (non-hydrogen) atoms. The smallest absolute Gasteiger partial charge is 0.235 e. The molecule has 1 rings (SSSR count). The number of nitrogens with two attached hydrogens (primary N) is 1. The fraction of sp³-hybridized carbons (Fsp3) is 0.375. The van der Waals surface area contributed by atoms with Gasteiger partial charge in [-0.3, -0.25) is 9.71 Å². The maximum atomic E-state index is 11.5. The molecule has 0 unspecified atom stereocenters. The van der Waals surface area contributed by atoms with Gasteiger partial charge in [-0.1, -0.05) is 0 Å². The number of nitrogens with one attached hydrogen (secondary N) is 1. The summed E-state index contributed by atoms with van der Waals surface area (Å²) in [5, 5.41) is -0.491. The molecule has 0 spiro atoms. The normalized spacial score (nSPS) is 11.6. The maximum Gasteiger partial charge on any atom is 0.235 e. The minimum atomic E-state index is -3.33. The van der Waals surface area contributed by atoms with Crippen LogP contribution in [0.2, 0.25) is 0 Å². The summed E-state index contributed by atoms with van der Waals surface area (Å²) in [6.45, 7) is 3.19. The minimum absolute atomic E-state index is 0.316. The first-order chi connectivity index (χ1) is 6.43. The van der Waals surface area contributed by atoms with Crippen molar-refractivity contribution in [1.82, 2.24) is 4.98 Å². The highest BCUT2D eigenvalue weighted by atomic mass is 32.2. The summed E-state index contributed by atoms with van der Waals surface area (Å²) in [5.74, 6) is 0. The van der Waals surface area contributed by atoms with Gasteiger partial charge in [-0.05, 0) is 19.9 Å². The molecular formula is C8H13N3O2S. The molecule has 5 nitrogen and oxygen atoms in total. The topological polar surface area (TPSA) is 85.1 Å². The number of nitrogens with zero attached hydrogens (tertiary/aromatic N) is 1. The molecule has 0 aliphatic heterocycles. The Balaban J connectivity index is 2.96. The van der Waals surface area contributed by atoms with E-state index >= 15 is 0 Å². The summed E-state index contributed by atoms with van der Waals surface area (Å²) in [6, 6.07) is 1.52. The number of sulfonamides is 1. The van der Waals surface area contributed by atoms with Crippen molar-refractivity contribution in [3.63, 3.8) is 0 Å². The molecule has 0 aliphatic carbocycles. The molecular weight excluding hydrogens is 202 g/mol. The molecule has 0 saturated carbocycles. The van der Waals surface area contributed by atoms with Crippen LogP contribution in [0, 0.1) is 0 Å². The summed E-state index contributed by atoms with van der Waals surface area (Å²) in [4.78, 5) is 3.76. The van der Waals surface area contributed by atoms with Gasteiger partial charge in [-0.2, -0.15) is 0 Å². The number of pyridine rings is 1. The quantitative estimate of drug-likeness (QED) is 0.781. The summed E-state index contributed by atoms with van der Waals surface area (Å²) in [5.41, 5.74) is 6.22. The highest BCUT2D eigenvalue weighted by Crippen LogP contribution is 2.18. The van der Waals surface area contributed by atoms with Gasteiger partial charge in [0.05, 0.1) is 22.8 Å². The summed E-state index contributed by atoms with van der Waals surface area (Å²) >= 11 is 0. The molecule has 1 heterocycles. The van der Waals surface area contributed by atoms with Gasteiger partial charge < -0.3 is 5.73 Å². The van der Waals surface area contributed by atoms with Gasteiger partial charge in [0, 0.05) is 6.20 Å². The zero-order valence-electron chi connectivity index (χ0n) is 8.06. The van der Waals surface area contributed by atoms with E-state index in [0.29, 0.717) is 11.4 Å². The van der Waals surface area contributed by atoms with E-state index in [9.17, 15) is 8.42 Å². The van der Waals surface area contributed by atoms with Gasteiger partial charge in [0.15, 0.2) is 0 Å². The van der Waals surface area contributed by atoms with E-state index in [-0.39, 0.29) is 0 Å². The second-order valence-electron chi connectivity index (χ2n) is 3.16. The first kappa shape index (κ1) is 10.8. The molecule has 1 aromatic heterocycles. The van der Waals surface area contributed by atoms with Crippen molar-refractivity contribution in [2.45, 2.75) is 19.1 Å². The Bertz CT molecular complexity index is 414. The molecule has 0 radical (unpaired) electrons. The van der Waals surface area contributed by atoms with Crippen molar-refractivity contribution in [2.24, 2.45) is 0 Å². The van der Waals surface area contributed by atoms with Crippen LogP contribution in [-0.4, -0.2) is 18.7 Å². The lowest BCUT2D eigenvalue weighted by atomic mass is 10.4. The van der Waals surface area contributed by atoms with Crippen molar-refractivity contribution in [2.75, 3.05) is 10.5 Å². The van der Waals surface area contributed by atoms with E-state index in [4.69, 9.17) is 5.73 Å². The van der Waals surface area contributed by atoms with Gasteiger partial charge >= 0.3 is 0 Å². The van der Waals surface area contributed by atoms with E-state index in [1.165, 1.54) is 18.5 Å². The minimum Gasteiger partial charge on any atom is -0.396 e. The van der Waals surface area contributed by atoms with Crippen LogP contribution in [0.1, 0.15) is 13.8 Å². The summed E-state index contributed by atoms with van der Waals surface area (Å²) in [6.07, 6.45) is 2.88. The second kappa shape index (κ2) is 3.83. The average Bonchev–Trinajstić information content (AvgIpc) is 2.08. The van der Waals surface area contributed by atoms with Gasteiger partial charge in [0.25, 0.3) is 0 Å². The lowest BCUT2D eigenvalue weighted by Crippen LogP contribution is -2.23. The fourth-order valence-electron chi connectivity index (χ4n) is 0.771. The first-order valence-electron chi connectivity index (χ1n) is 4.14. The van der Waals surface area contributed by atoms with Gasteiger partial charge in [0.2, 0.25) is 10.0 Å². The highest BCUT2D eigenvalue weighted by Gasteiger charge is 2.16. The van der Waals surface area contributed by atoms with Gasteiger partial charge in [-0.25, -0.2) is 8.42 Å². The Hall–Kier alpha value is -1.30. The third-order valence-electron chi connectivity index (χ3n) is 1.72. The van der Waals surface area contributed by atoms with Crippen molar-refractivity contribution >= 4 is 21.4 Å². The highest BCUT2D eigenvalue weighted by molar-refractivity contribution is 7.93. The van der Waals surface area contributed by atoms with E-state index < -0.39 is 15.3 Å². The zero-order valence-corrected chi connectivity index (χ0v) is 8.88. The van der Waals surface area contributed by atoms with Crippen LogP contribution in [0.5, 0.6) is 0 Å². The fourth-order valence-corrected chi connectivity index (χ4v) is 1.50. The van der Waals surface area contributed by atoms with Crippen molar-refractivity contribution in [3.05, 3.63) is 18.5 Å². The van der Waals surface area contributed by atoms with Crippen LogP contribution in [0.15, 0.2) is 18.5 Å². The van der Waals surface area contributed by atoms with Crippen molar-refractivity contribution in [1.29, 1.82) is 0 Å². The largest absolute Gasteiger partial charge is 0.396 e. The number of nitrogen functional groups attached to an aromatic ring is 1. The Morgan fingerprint density at radius 3 is 2.64 bits per heavy atom. The lowest BCUT2D eigenvalue weighted by Gasteiger charge is -2.11. The molecule has 6 heteroatoms. The van der Waals surface area contributed by atoms with Gasteiger partial charge in [0.1, 0.15) is 0 Å². The molecule has 0 aromatic carbocycles.